The molecule has 15 rings (SSSR count). The Kier molecular flexibility index (Phi) is 12.9. The van der Waals surface area contributed by atoms with Crippen molar-refractivity contribution < 1.29 is 0 Å². The molecule has 13 aromatic rings. The van der Waals surface area contributed by atoms with Crippen LogP contribution in [0.1, 0.15) is 26.3 Å². The van der Waals surface area contributed by atoms with Gasteiger partial charge in [-0.15, -0.1) is 0 Å². The van der Waals surface area contributed by atoms with Gasteiger partial charge in [0.1, 0.15) is 0 Å². The van der Waals surface area contributed by atoms with Crippen molar-refractivity contribution in [2.75, 3.05) is 9.80 Å². The molecule has 0 saturated heterocycles. The molecular weight excluding hydrogens is 1020 g/mol. The van der Waals surface area contributed by atoms with Gasteiger partial charge in [-0.25, -0.2) is 0 Å². The fourth-order valence-corrected chi connectivity index (χ4v) is 13.3. The molecule has 0 saturated carbocycles. The van der Waals surface area contributed by atoms with E-state index in [4.69, 9.17) is 0 Å². The monoisotopic (exact) mass is 1080 g/mol. The maximum Gasteiger partial charge on any atom is 0.252 e. The van der Waals surface area contributed by atoms with Gasteiger partial charge in [-0.05, 0) is 137 Å². The van der Waals surface area contributed by atoms with Gasteiger partial charge in [-0.3, -0.25) is 0 Å². The van der Waals surface area contributed by atoms with Crippen molar-refractivity contribution in [3.05, 3.63) is 321 Å². The van der Waals surface area contributed by atoms with Crippen molar-refractivity contribution >= 4 is 57.2 Å². The van der Waals surface area contributed by atoms with E-state index in [1.165, 1.54) is 72.3 Å². The second-order valence-electron chi connectivity index (χ2n) is 23.6. The van der Waals surface area contributed by atoms with E-state index in [9.17, 15) is 0 Å². The molecule has 0 atom stereocenters. The minimum atomic E-state index is -0.247. The zero-order valence-corrected chi connectivity index (χ0v) is 48.0. The Balaban J connectivity index is 1.10. The zero-order valence-electron chi connectivity index (χ0n) is 48.0. The smallest absolute Gasteiger partial charge is 0.252 e. The Bertz CT molecular complexity index is 4410. The van der Waals surface area contributed by atoms with Gasteiger partial charge in [0.2, 0.25) is 0 Å². The number of benzene rings is 13. The Labute approximate surface area is 500 Å². The Hall–Kier alpha value is -10.5. The number of fused-ring (bicyclic) bond motifs is 4. The number of para-hydroxylation sites is 2. The van der Waals surface area contributed by atoms with Crippen LogP contribution in [0.25, 0.3) is 89.0 Å². The number of anilines is 6. The van der Waals surface area contributed by atoms with Crippen molar-refractivity contribution in [2.24, 2.45) is 0 Å². The predicted molar refractivity (Wildman–Crippen MR) is 363 cm³/mol. The number of hydrogen-bond donors (Lipinski definition) is 0. The number of hydrogen-bond acceptors (Lipinski definition) is 2. The van der Waals surface area contributed by atoms with Crippen molar-refractivity contribution in [2.45, 2.75) is 26.2 Å². The van der Waals surface area contributed by atoms with Crippen LogP contribution in [0.5, 0.6) is 0 Å². The summed E-state index contributed by atoms with van der Waals surface area (Å²) in [5.74, 6) is 0. The quantitative estimate of drug-likeness (QED) is 0.126. The molecule has 0 fully saturated rings. The summed E-state index contributed by atoms with van der Waals surface area (Å²) in [6.07, 6.45) is 0. The Morgan fingerprint density at radius 2 is 0.518 bits per heavy atom. The van der Waals surface area contributed by atoms with Gasteiger partial charge in [0.15, 0.2) is 0 Å². The van der Waals surface area contributed by atoms with Crippen LogP contribution in [0.3, 0.4) is 0 Å². The van der Waals surface area contributed by atoms with E-state index < -0.39 is 0 Å². The maximum absolute atomic E-state index is 2.66. The van der Waals surface area contributed by atoms with Crippen molar-refractivity contribution in [1.29, 1.82) is 0 Å². The average molecular weight is 1090 g/mol. The van der Waals surface area contributed by atoms with Gasteiger partial charge in [-0.2, -0.15) is 0 Å². The first-order valence-electron chi connectivity index (χ1n) is 29.7. The summed E-state index contributed by atoms with van der Waals surface area (Å²) in [5.41, 5.74) is 30.4. The molecule has 402 valence electrons. The van der Waals surface area contributed by atoms with Crippen LogP contribution in [0.15, 0.2) is 315 Å². The molecule has 85 heavy (non-hydrogen) atoms. The molecule has 2 aliphatic rings. The van der Waals surface area contributed by atoms with Gasteiger partial charge in [0.05, 0.1) is 11.4 Å². The minimum absolute atomic E-state index is 0.195. The van der Waals surface area contributed by atoms with Gasteiger partial charge >= 0.3 is 0 Å². The largest absolute Gasteiger partial charge is 0.310 e. The van der Waals surface area contributed by atoms with E-state index in [1.54, 1.807) is 0 Å². The second kappa shape index (κ2) is 21.4. The molecule has 3 heteroatoms. The van der Waals surface area contributed by atoms with Crippen LogP contribution in [-0.2, 0) is 5.41 Å². The summed E-state index contributed by atoms with van der Waals surface area (Å²) in [7, 11) is 0. The van der Waals surface area contributed by atoms with Crippen LogP contribution >= 0.6 is 0 Å². The van der Waals surface area contributed by atoms with Crippen molar-refractivity contribution in [3.8, 4) is 89.0 Å². The molecule has 0 amide bonds. The topological polar surface area (TPSA) is 6.48 Å². The van der Waals surface area contributed by atoms with E-state index in [2.05, 4.69) is 346 Å². The van der Waals surface area contributed by atoms with E-state index in [1.807, 2.05) is 0 Å². The van der Waals surface area contributed by atoms with Gasteiger partial charge in [0, 0.05) is 45.0 Å². The van der Waals surface area contributed by atoms with Crippen LogP contribution in [-0.4, -0.2) is 6.71 Å². The first-order valence-corrected chi connectivity index (χ1v) is 29.7. The lowest BCUT2D eigenvalue weighted by molar-refractivity contribution is 0.590. The first-order chi connectivity index (χ1) is 41.8. The third-order valence-corrected chi connectivity index (χ3v) is 17.4. The molecule has 0 aromatic heterocycles. The lowest BCUT2D eigenvalue weighted by atomic mass is 9.33. The highest BCUT2D eigenvalue weighted by atomic mass is 15.2. The molecule has 0 bridgehead atoms. The van der Waals surface area contributed by atoms with E-state index in [0.29, 0.717) is 0 Å². The summed E-state index contributed by atoms with van der Waals surface area (Å²) in [6, 6.07) is 117. The number of nitrogens with zero attached hydrogens (tertiary/aromatic N) is 2. The van der Waals surface area contributed by atoms with Gasteiger partial charge in [-0.1, -0.05) is 294 Å². The van der Waals surface area contributed by atoms with Gasteiger partial charge < -0.3 is 9.80 Å². The van der Waals surface area contributed by atoms with Crippen molar-refractivity contribution in [3.63, 3.8) is 0 Å². The summed E-state index contributed by atoms with van der Waals surface area (Å²) in [6.45, 7) is 6.91. The molecule has 2 nitrogen and oxygen atoms in total. The van der Waals surface area contributed by atoms with E-state index >= 15 is 0 Å². The molecule has 13 aromatic carbocycles. The zero-order chi connectivity index (χ0) is 57.0. The first kappa shape index (κ1) is 51.4. The second-order valence-corrected chi connectivity index (χ2v) is 23.6. The summed E-state index contributed by atoms with van der Waals surface area (Å²) < 4.78 is 0. The third kappa shape index (κ3) is 9.26. The van der Waals surface area contributed by atoms with Gasteiger partial charge in [0.25, 0.3) is 6.71 Å². The van der Waals surface area contributed by atoms with Crippen LogP contribution < -0.4 is 26.2 Å². The average Bonchev–Trinajstić information content (AvgIpc) is 0.838. The summed E-state index contributed by atoms with van der Waals surface area (Å²) >= 11 is 0. The highest BCUT2D eigenvalue weighted by Crippen LogP contribution is 2.54. The molecule has 2 aliphatic heterocycles. The lowest BCUT2D eigenvalue weighted by Crippen LogP contribution is -2.61. The Morgan fingerprint density at radius 1 is 0.235 bits per heavy atom. The Morgan fingerprint density at radius 3 is 0.835 bits per heavy atom. The van der Waals surface area contributed by atoms with Crippen LogP contribution in [0.4, 0.5) is 34.1 Å². The minimum Gasteiger partial charge on any atom is -0.310 e. The summed E-state index contributed by atoms with van der Waals surface area (Å²) in [5, 5.41) is 0. The van der Waals surface area contributed by atoms with E-state index in [-0.39, 0.29) is 12.1 Å². The number of rotatable bonds is 10. The standard InChI is InChI=1S/C82H61BN2/c1-82(2,3)68-54-77-79-78(55-68)85(81-71(61-37-21-9-22-38-61)43-26-44-72(81)62-39-23-10-24-40-62)76-48-46-64(67-50-65(57-29-13-5-14-30-57)49-66(51-67)58-31-15-6-16-32-58)53-74(76)83(79)73-52-63(56-27-11-4-12-28-56)45-47-75(73)84(77)80-69(59-33-17-7-18-34-59)41-25-42-70(80)60-35-19-8-20-36-60/h4-55H,1-3H3. The van der Waals surface area contributed by atoms with Crippen molar-refractivity contribution in [1.82, 2.24) is 0 Å². The van der Waals surface area contributed by atoms with E-state index in [0.717, 1.165) is 72.8 Å². The predicted octanol–water partition coefficient (Wildman–Crippen LogP) is 20.4. The third-order valence-electron chi connectivity index (χ3n) is 17.4. The fourth-order valence-electron chi connectivity index (χ4n) is 13.3. The lowest BCUT2D eigenvalue weighted by Gasteiger charge is -2.46. The normalized spacial score (nSPS) is 12.3. The molecule has 0 radical (unpaired) electrons. The SMILES string of the molecule is CC(C)(C)c1cc2c3c(c1)N(c1c(-c4ccccc4)cccc1-c1ccccc1)c1ccc(-c4cc(-c5ccccc5)cc(-c5ccccc5)c4)cc1B3c1cc(-c3ccccc3)ccc1N2c1c(-c2ccccc2)cccc1-c1ccccc1. The molecule has 0 unspecified atom stereocenters. The maximum atomic E-state index is 2.66. The molecule has 0 aliphatic carbocycles. The highest BCUT2D eigenvalue weighted by molar-refractivity contribution is 7.00. The molecule has 0 N–H and O–H groups in total. The fraction of sp³-hybridized carbons (Fsp3) is 0.0488. The summed E-state index contributed by atoms with van der Waals surface area (Å²) in [4.78, 5) is 5.32. The van der Waals surface area contributed by atoms with Crippen LogP contribution in [0.2, 0.25) is 0 Å². The molecule has 0 spiro atoms. The molecule has 2 heterocycles. The highest BCUT2D eigenvalue weighted by Gasteiger charge is 2.46. The van der Waals surface area contributed by atoms with Crippen LogP contribution in [0, 0.1) is 0 Å². The molecular formula is C82H61BN2.